The molecular weight excluding hydrogens is 324 g/mol. The largest absolute Gasteiger partial charge is 0.370 e. The van der Waals surface area contributed by atoms with Gasteiger partial charge in [-0.05, 0) is 30.0 Å². The quantitative estimate of drug-likeness (QED) is 0.755. The summed E-state index contributed by atoms with van der Waals surface area (Å²) in [5, 5.41) is 1.26. The lowest BCUT2D eigenvalue weighted by atomic mass is 10.1. The van der Waals surface area contributed by atoms with Gasteiger partial charge in [-0.15, -0.1) is 0 Å². The van der Waals surface area contributed by atoms with Gasteiger partial charge in [-0.2, -0.15) is 0 Å². The molecule has 1 amide bonds. The maximum absolute atomic E-state index is 12.6. The van der Waals surface area contributed by atoms with E-state index in [-0.39, 0.29) is 12.0 Å². The smallest absolute Gasteiger partial charge is 0.222 e. The van der Waals surface area contributed by atoms with Crippen molar-refractivity contribution >= 4 is 16.8 Å². The van der Waals surface area contributed by atoms with Crippen molar-refractivity contribution in [1.29, 1.82) is 0 Å². The Balaban J connectivity index is 1.32. The third kappa shape index (κ3) is 3.65. The number of morpholine rings is 1. The Morgan fingerprint density at radius 2 is 1.92 bits per heavy atom. The van der Waals surface area contributed by atoms with Gasteiger partial charge in [0, 0.05) is 30.1 Å². The van der Waals surface area contributed by atoms with E-state index < -0.39 is 0 Å². The fraction of sp³-hybridized carbons (Fsp3) is 0.318. The molecule has 1 aliphatic heterocycles. The molecule has 4 rings (SSSR count). The first kappa shape index (κ1) is 16.9. The summed E-state index contributed by atoms with van der Waals surface area (Å²) in [5.74, 6) is 0.231. The predicted molar refractivity (Wildman–Crippen MR) is 103 cm³/mol. The lowest BCUT2D eigenvalue weighted by Crippen LogP contribution is -2.42. The number of carbonyl (C=O) groups excluding carboxylic acids is 1. The second-order valence-corrected chi connectivity index (χ2v) is 6.82. The van der Waals surface area contributed by atoms with Crippen molar-refractivity contribution in [2.75, 3.05) is 19.7 Å². The number of rotatable bonds is 5. The minimum Gasteiger partial charge on any atom is -0.370 e. The third-order valence-corrected chi connectivity index (χ3v) is 5.10. The van der Waals surface area contributed by atoms with Crippen molar-refractivity contribution in [2.24, 2.45) is 0 Å². The second-order valence-electron chi connectivity index (χ2n) is 6.82. The van der Waals surface area contributed by atoms with Crippen LogP contribution in [0, 0.1) is 0 Å². The lowest BCUT2D eigenvalue weighted by molar-refractivity contribution is -0.139. The van der Waals surface area contributed by atoms with Gasteiger partial charge in [0.25, 0.3) is 0 Å². The number of H-pyrrole nitrogens is 1. The van der Waals surface area contributed by atoms with Crippen molar-refractivity contribution in [3.8, 4) is 0 Å². The van der Waals surface area contributed by atoms with Gasteiger partial charge in [0.1, 0.15) is 6.10 Å². The number of aromatic amines is 1. The summed E-state index contributed by atoms with van der Waals surface area (Å²) in [7, 11) is 0. The highest BCUT2D eigenvalue weighted by atomic mass is 16.5. The number of carbonyl (C=O) groups is 1. The molecule has 0 radical (unpaired) electrons. The van der Waals surface area contributed by atoms with E-state index in [0.717, 1.165) is 23.9 Å². The molecule has 26 heavy (non-hydrogen) atoms. The molecule has 1 atom stereocenters. The van der Waals surface area contributed by atoms with E-state index in [2.05, 4.69) is 41.5 Å². The van der Waals surface area contributed by atoms with Gasteiger partial charge in [-0.25, -0.2) is 0 Å². The summed E-state index contributed by atoms with van der Waals surface area (Å²) in [6.07, 6.45) is 4.43. The summed E-state index contributed by atoms with van der Waals surface area (Å²) in [6.45, 7) is 1.94. The first-order valence-corrected chi connectivity index (χ1v) is 9.30. The zero-order valence-electron chi connectivity index (χ0n) is 14.9. The molecule has 0 bridgehead atoms. The van der Waals surface area contributed by atoms with Crippen LogP contribution in [0.15, 0.2) is 60.8 Å². The normalized spacial score (nSPS) is 17.5. The Morgan fingerprint density at radius 3 is 2.81 bits per heavy atom. The number of ether oxygens (including phenoxy) is 1. The van der Waals surface area contributed by atoms with Crippen LogP contribution in [0.1, 0.15) is 30.1 Å². The molecule has 1 fully saturated rings. The number of nitrogens with zero attached hydrogens (tertiary/aromatic N) is 1. The fourth-order valence-corrected chi connectivity index (χ4v) is 3.67. The lowest BCUT2D eigenvalue weighted by Gasteiger charge is -2.33. The molecule has 4 heteroatoms. The van der Waals surface area contributed by atoms with Crippen molar-refractivity contribution in [3.05, 3.63) is 71.9 Å². The van der Waals surface area contributed by atoms with Crippen LogP contribution in [-0.2, 0) is 16.0 Å². The summed E-state index contributed by atoms with van der Waals surface area (Å²) < 4.78 is 5.86. The second kappa shape index (κ2) is 7.75. The highest BCUT2D eigenvalue weighted by Crippen LogP contribution is 2.23. The van der Waals surface area contributed by atoms with Gasteiger partial charge in [-0.3, -0.25) is 4.79 Å². The molecule has 0 spiro atoms. The van der Waals surface area contributed by atoms with Crippen LogP contribution in [0.5, 0.6) is 0 Å². The Kier molecular flexibility index (Phi) is 5.02. The maximum Gasteiger partial charge on any atom is 0.222 e. The van der Waals surface area contributed by atoms with E-state index in [1.54, 1.807) is 0 Å². The maximum atomic E-state index is 12.6. The Hall–Kier alpha value is -2.59. The van der Waals surface area contributed by atoms with Gasteiger partial charge in [-0.1, -0.05) is 48.5 Å². The molecule has 1 N–H and O–H groups in total. The molecular formula is C22H24N2O2. The molecule has 3 aromatic rings. The number of hydrogen-bond donors (Lipinski definition) is 1. The molecule has 1 saturated heterocycles. The molecule has 1 aromatic heterocycles. The zero-order valence-corrected chi connectivity index (χ0v) is 14.9. The van der Waals surface area contributed by atoms with Crippen molar-refractivity contribution < 1.29 is 9.53 Å². The molecule has 2 aromatic carbocycles. The van der Waals surface area contributed by atoms with Crippen LogP contribution in [0.25, 0.3) is 10.9 Å². The van der Waals surface area contributed by atoms with Crippen LogP contribution in [-0.4, -0.2) is 35.5 Å². The Labute approximate surface area is 153 Å². The van der Waals surface area contributed by atoms with Crippen LogP contribution in [0.4, 0.5) is 0 Å². The van der Waals surface area contributed by atoms with E-state index in [1.807, 2.05) is 29.2 Å². The van der Waals surface area contributed by atoms with Crippen LogP contribution in [0.2, 0.25) is 0 Å². The third-order valence-electron chi connectivity index (χ3n) is 5.10. The van der Waals surface area contributed by atoms with E-state index in [4.69, 9.17) is 4.74 Å². The number of amides is 1. The molecule has 2 heterocycles. The van der Waals surface area contributed by atoms with Crippen molar-refractivity contribution in [2.45, 2.75) is 25.4 Å². The zero-order chi connectivity index (χ0) is 17.8. The minimum absolute atomic E-state index is 0.0116. The highest BCUT2D eigenvalue weighted by molar-refractivity contribution is 5.83. The SMILES string of the molecule is O=C(CCCc1c[nH]c2ccccc12)N1CCO[C@@H](c2ccccc2)C1. The van der Waals surface area contributed by atoms with E-state index >= 15 is 0 Å². The predicted octanol–water partition coefficient (Wildman–Crippen LogP) is 4.09. The van der Waals surface area contributed by atoms with Crippen LogP contribution < -0.4 is 0 Å². The average Bonchev–Trinajstić information content (AvgIpc) is 3.12. The van der Waals surface area contributed by atoms with Crippen molar-refractivity contribution in [3.63, 3.8) is 0 Å². The van der Waals surface area contributed by atoms with Gasteiger partial charge >= 0.3 is 0 Å². The molecule has 4 nitrogen and oxygen atoms in total. The molecule has 0 aliphatic carbocycles. The van der Waals surface area contributed by atoms with Crippen molar-refractivity contribution in [1.82, 2.24) is 9.88 Å². The average molecular weight is 348 g/mol. The Morgan fingerprint density at radius 1 is 1.12 bits per heavy atom. The number of para-hydroxylation sites is 1. The highest BCUT2D eigenvalue weighted by Gasteiger charge is 2.24. The van der Waals surface area contributed by atoms with Crippen LogP contribution in [0.3, 0.4) is 0 Å². The number of benzene rings is 2. The summed E-state index contributed by atoms with van der Waals surface area (Å²) in [5.41, 5.74) is 3.59. The molecule has 0 saturated carbocycles. The number of fused-ring (bicyclic) bond motifs is 1. The first-order chi connectivity index (χ1) is 12.8. The molecule has 1 aliphatic rings. The van der Waals surface area contributed by atoms with Gasteiger partial charge in [0.15, 0.2) is 0 Å². The fourth-order valence-electron chi connectivity index (χ4n) is 3.67. The summed E-state index contributed by atoms with van der Waals surface area (Å²) in [4.78, 5) is 17.9. The Bertz CT molecular complexity index is 872. The van der Waals surface area contributed by atoms with Gasteiger partial charge < -0.3 is 14.6 Å². The molecule has 134 valence electrons. The first-order valence-electron chi connectivity index (χ1n) is 9.30. The van der Waals surface area contributed by atoms with Crippen LogP contribution >= 0.6 is 0 Å². The number of nitrogens with one attached hydrogen (secondary N) is 1. The summed E-state index contributed by atoms with van der Waals surface area (Å²) in [6, 6.07) is 18.5. The molecule has 0 unspecified atom stereocenters. The van der Waals surface area contributed by atoms with Gasteiger partial charge in [0.2, 0.25) is 5.91 Å². The summed E-state index contributed by atoms with van der Waals surface area (Å²) >= 11 is 0. The van der Waals surface area contributed by atoms with E-state index in [9.17, 15) is 4.79 Å². The van der Waals surface area contributed by atoms with E-state index in [0.29, 0.717) is 26.1 Å². The monoisotopic (exact) mass is 348 g/mol. The number of hydrogen-bond acceptors (Lipinski definition) is 2. The number of aromatic nitrogens is 1. The standard InChI is InChI=1S/C22H24N2O2/c25-22(12-6-9-18-15-23-20-11-5-4-10-19(18)20)24-13-14-26-21(16-24)17-7-2-1-3-8-17/h1-5,7-8,10-11,15,21,23H,6,9,12-14,16H2/t21-/m1/s1. The van der Waals surface area contributed by atoms with E-state index in [1.165, 1.54) is 10.9 Å². The topological polar surface area (TPSA) is 45.3 Å². The number of aryl methyl sites for hydroxylation is 1. The minimum atomic E-state index is -0.0116. The van der Waals surface area contributed by atoms with Gasteiger partial charge in [0.05, 0.1) is 13.2 Å².